The van der Waals surface area contributed by atoms with Crippen LogP contribution in [0.1, 0.15) is 134 Å². The summed E-state index contributed by atoms with van der Waals surface area (Å²) in [7, 11) is 0. The van der Waals surface area contributed by atoms with Crippen LogP contribution < -0.4 is 0 Å². The fourth-order valence-electron chi connectivity index (χ4n) is 27.0. The first kappa shape index (κ1) is 79.4. The minimum Gasteiger partial charge on any atom is -0.0622 e. The van der Waals surface area contributed by atoms with Gasteiger partial charge in [0.15, 0.2) is 0 Å². The summed E-state index contributed by atoms with van der Waals surface area (Å²) < 4.78 is 0. The van der Waals surface area contributed by atoms with Gasteiger partial charge < -0.3 is 0 Å². The molecule has 0 unspecified atom stereocenters. The number of hydrogen-bond donors (Lipinski definition) is 0. The third kappa shape index (κ3) is 10.8. The van der Waals surface area contributed by atoms with Gasteiger partial charge in [0, 0.05) is 0 Å². The molecule has 0 spiro atoms. The van der Waals surface area contributed by atoms with Gasteiger partial charge in [-0.25, -0.2) is 0 Å². The zero-order valence-electron chi connectivity index (χ0n) is 76.0. The van der Waals surface area contributed by atoms with E-state index < -0.39 is 32.5 Å². The molecule has 0 aromatic heterocycles. The summed E-state index contributed by atoms with van der Waals surface area (Å²) in [6.07, 6.45) is 0. The Labute approximate surface area is 806 Å². The first-order valence-corrected chi connectivity index (χ1v) is 48.6. The summed E-state index contributed by atoms with van der Waals surface area (Å²) in [6.45, 7) is 0. The highest BCUT2D eigenvalue weighted by molar-refractivity contribution is 5.96. The van der Waals surface area contributed by atoms with Gasteiger partial charge in [-0.15, -0.1) is 0 Å². The highest BCUT2D eigenvalue weighted by atomic mass is 14.6. The van der Waals surface area contributed by atoms with Crippen molar-refractivity contribution in [2.75, 3.05) is 0 Å². The Balaban J connectivity index is 0.698. The van der Waals surface area contributed by atoms with Crippen LogP contribution >= 0.6 is 0 Å². The summed E-state index contributed by atoms with van der Waals surface area (Å²) in [5.41, 5.74) is 47.1. The van der Waals surface area contributed by atoms with Gasteiger partial charge in [-0.3, -0.25) is 0 Å². The molecule has 22 aromatic carbocycles. The van der Waals surface area contributed by atoms with E-state index in [1.54, 1.807) is 0 Å². The number of benzene rings is 22. The Hall–Kier alpha value is -17.2. The molecule has 642 valence electrons. The summed E-state index contributed by atoms with van der Waals surface area (Å²) in [5, 5.41) is 0. The second kappa shape index (κ2) is 30.7. The Morgan fingerprint density at radius 1 is 0.0797 bits per heavy atom. The lowest BCUT2D eigenvalue weighted by Gasteiger charge is -2.41. The molecule has 0 bridgehead atoms. The van der Waals surface area contributed by atoms with Crippen LogP contribution in [0.5, 0.6) is 0 Å². The maximum atomic E-state index is 2.69. The maximum absolute atomic E-state index is 2.69. The van der Waals surface area contributed by atoms with Gasteiger partial charge in [-0.05, 0) is 252 Å². The molecule has 0 amide bonds. The van der Waals surface area contributed by atoms with Crippen molar-refractivity contribution < 1.29 is 0 Å². The van der Waals surface area contributed by atoms with Crippen LogP contribution in [0.2, 0.25) is 0 Å². The lowest BCUT2D eigenvalue weighted by molar-refractivity contribution is 0.713. The van der Waals surface area contributed by atoms with Crippen molar-refractivity contribution >= 4 is 0 Å². The predicted octanol–water partition coefficient (Wildman–Crippen LogP) is 32.9. The van der Waals surface area contributed by atoms with Gasteiger partial charge in [0.25, 0.3) is 0 Å². The largest absolute Gasteiger partial charge is 0.0713 e. The number of fused-ring (bicyclic) bond motifs is 18. The van der Waals surface area contributed by atoms with Gasteiger partial charge in [0.05, 0.1) is 32.5 Å². The van der Waals surface area contributed by atoms with E-state index in [1.165, 1.54) is 200 Å². The lowest BCUT2D eigenvalue weighted by atomic mass is 9.60. The SMILES string of the molecule is c1ccc(C2(c3ccccc3)c3ccccc3-c3ccc(-c4ccc(C5(c6cc(C7(c8ccc(-c9ccc%10c(c9)C(c9ccccc9)(c9ccccc9)c9ccccc9-%10)cc8)c8ccccc8-c8ccccc87)cc(C7(c8ccc(-c9ccc%10c(c9)C(c9ccccc9)(c9ccccc9)c9ccccc9-%10)cc8)c8ccccc8-c8ccccc87)c6)c6ccccc6-c6ccccc65)cc4)cc32)cc1. The zero-order chi connectivity index (χ0) is 90.9. The molecular formula is C138H90. The Kier molecular flexibility index (Phi) is 17.7. The molecule has 22 aromatic rings. The van der Waals surface area contributed by atoms with Crippen LogP contribution in [0, 0.1) is 0 Å². The van der Waals surface area contributed by atoms with E-state index in [0.29, 0.717) is 0 Å². The van der Waals surface area contributed by atoms with E-state index >= 15 is 0 Å². The maximum Gasteiger partial charge on any atom is 0.0713 e. The van der Waals surface area contributed by atoms with Crippen molar-refractivity contribution in [3.8, 4) is 100 Å². The van der Waals surface area contributed by atoms with Crippen LogP contribution in [-0.4, -0.2) is 0 Å². The fraction of sp³-hybridized carbons (Fsp3) is 0.0435. The van der Waals surface area contributed by atoms with E-state index in [0.717, 1.165) is 33.4 Å². The van der Waals surface area contributed by atoms with E-state index in [-0.39, 0.29) is 0 Å². The van der Waals surface area contributed by atoms with Crippen molar-refractivity contribution in [2.45, 2.75) is 32.5 Å². The van der Waals surface area contributed by atoms with Gasteiger partial charge in [0.2, 0.25) is 0 Å². The zero-order valence-corrected chi connectivity index (χ0v) is 76.0. The lowest BCUT2D eigenvalue weighted by Crippen LogP contribution is -2.35. The van der Waals surface area contributed by atoms with E-state index in [2.05, 4.69) is 546 Å². The Morgan fingerprint density at radius 2 is 0.210 bits per heavy atom. The molecule has 138 heavy (non-hydrogen) atoms. The highest BCUT2D eigenvalue weighted by Gasteiger charge is 2.56. The van der Waals surface area contributed by atoms with Gasteiger partial charge >= 0.3 is 0 Å². The van der Waals surface area contributed by atoms with Gasteiger partial charge in [-0.1, -0.05) is 528 Å². The summed E-state index contributed by atoms with van der Waals surface area (Å²) in [5.74, 6) is 0. The molecular weight excluding hydrogens is 1660 g/mol. The molecule has 0 heteroatoms. The molecule has 0 saturated heterocycles. The third-order valence-electron chi connectivity index (χ3n) is 32.4. The molecule has 0 saturated carbocycles. The highest BCUT2D eigenvalue weighted by Crippen LogP contribution is 2.67. The first-order valence-electron chi connectivity index (χ1n) is 48.6. The molecule has 6 aliphatic carbocycles. The molecule has 0 radical (unpaired) electrons. The van der Waals surface area contributed by atoms with Crippen molar-refractivity contribution in [3.05, 3.63) is 679 Å². The minimum atomic E-state index is -0.929. The van der Waals surface area contributed by atoms with Crippen LogP contribution in [0.15, 0.2) is 546 Å². The molecule has 0 N–H and O–H groups in total. The van der Waals surface area contributed by atoms with E-state index in [9.17, 15) is 0 Å². The topological polar surface area (TPSA) is 0 Å². The summed E-state index contributed by atoms with van der Waals surface area (Å²) >= 11 is 0. The first-order chi connectivity index (χ1) is 68.4. The third-order valence-corrected chi connectivity index (χ3v) is 32.4. The second-order valence-electron chi connectivity index (χ2n) is 38.4. The smallest absolute Gasteiger partial charge is 0.0622 e. The Morgan fingerprint density at radius 3 is 0.384 bits per heavy atom. The van der Waals surface area contributed by atoms with Gasteiger partial charge in [0.1, 0.15) is 0 Å². The molecule has 6 aliphatic rings. The van der Waals surface area contributed by atoms with Crippen LogP contribution in [-0.2, 0) is 32.5 Å². The number of hydrogen-bond acceptors (Lipinski definition) is 0. The standard InChI is InChI=1S/C138H90/c1-7-37-97(38-8-1)133(98-39-9-2-10-40-98)121-58-28-25-55-115(121)118-82-73-94(85-130(118)133)91-67-76-103(77-68-91)136(124-61-31-19-49-109(124)110-50-20-32-62-125(110)136)106-88-107(137(126-63-33-21-51-111(126)112-52-22-34-64-127(112)137)104-78-69-92(70-79-104)95-74-83-119-116-56-26-29-59-122(116)134(131(119)86-95,99-41-11-3-12-42-99)100-43-13-4-14-44-100)90-108(89-106)138(128-65-35-23-53-113(128)114-54-24-36-66-129(114)138)105-80-71-93(72-81-105)96-75-84-120-117-57-27-30-60-123(117)135(132(120)87-96,101-45-15-5-16-46-101)102-47-17-6-18-48-102/h1-90H. The quantitative estimate of drug-likeness (QED) is 0.0960. The second-order valence-corrected chi connectivity index (χ2v) is 38.4. The number of rotatable bonds is 15. The summed E-state index contributed by atoms with van der Waals surface area (Å²) in [6, 6.07) is 210. The molecule has 0 heterocycles. The average molecular weight is 1750 g/mol. The van der Waals surface area contributed by atoms with E-state index in [1.807, 2.05) is 0 Å². The fourth-order valence-corrected chi connectivity index (χ4v) is 27.0. The minimum absolute atomic E-state index is 0.571. The van der Waals surface area contributed by atoms with Gasteiger partial charge in [-0.2, -0.15) is 0 Å². The molecule has 0 fully saturated rings. The molecule has 0 nitrogen and oxygen atoms in total. The van der Waals surface area contributed by atoms with Crippen LogP contribution in [0.25, 0.3) is 100 Å². The molecule has 28 rings (SSSR count). The average Bonchev–Trinajstić information content (AvgIpc) is 1.49. The Bertz CT molecular complexity index is 7570. The summed E-state index contributed by atoms with van der Waals surface area (Å²) in [4.78, 5) is 0. The van der Waals surface area contributed by atoms with Crippen molar-refractivity contribution in [1.82, 2.24) is 0 Å². The van der Waals surface area contributed by atoms with Crippen molar-refractivity contribution in [2.24, 2.45) is 0 Å². The van der Waals surface area contributed by atoms with E-state index in [4.69, 9.17) is 0 Å². The predicted molar refractivity (Wildman–Crippen MR) is 567 cm³/mol. The van der Waals surface area contributed by atoms with Crippen molar-refractivity contribution in [3.63, 3.8) is 0 Å². The normalized spacial score (nSPS) is 14.9. The molecule has 0 atom stereocenters. The molecule has 0 aliphatic heterocycles. The monoisotopic (exact) mass is 1750 g/mol. The van der Waals surface area contributed by atoms with Crippen LogP contribution in [0.4, 0.5) is 0 Å². The van der Waals surface area contributed by atoms with Crippen LogP contribution in [0.3, 0.4) is 0 Å². The van der Waals surface area contributed by atoms with Crippen molar-refractivity contribution in [1.29, 1.82) is 0 Å².